The minimum Gasteiger partial charge on any atom is -0.390 e. The first-order valence-corrected chi connectivity index (χ1v) is 11.6. The molecule has 1 aromatic heterocycles. The number of pyridine rings is 1. The van der Waals surface area contributed by atoms with E-state index in [1.54, 1.807) is 18.2 Å². The van der Waals surface area contributed by atoms with Gasteiger partial charge in [0.1, 0.15) is 24.0 Å². The van der Waals surface area contributed by atoms with Crippen LogP contribution in [0.25, 0.3) is 5.69 Å². The first-order chi connectivity index (χ1) is 17.2. The molecule has 0 amide bonds. The Kier molecular flexibility index (Phi) is 7.72. The van der Waals surface area contributed by atoms with Crippen LogP contribution in [0.5, 0.6) is 0 Å². The van der Waals surface area contributed by atoms with Crippen LogP contribution in [0.3, 0.4) is 0 Å². The van der Waals surface area contributed by atoms with Gasteiger partial charge < -0.3 is 9.74 Å². The van der Waals surface area contributed by atoms with Gasteiger partial charge in [0.15, 0.2) is 0 Å². The molecule has 0 spiro atoms. The van der Waals surface area contributed by atoms with Crippen molar-refractivity contribution in [2.75, 3.05) is 19.0 Å². The van der Waals surface area contributed by atoms with Gasteiger partial charge in [-0.2, -0.15) is 0 Å². The minimum atomic E-state index is -0.833. The molecule has 4 aromatic rings. The molecular formula is C27H21Cl2F2N3O2. The number of benzene rings is 3. The fraction of sp³-hybridized carbons (Fsp3) is 0.111. The van der Waals surface area contributed by atoms with Gasteiger partial charge in [-0.25, -0.2) is 8.78 Å². The number of oxime groups is 1. The third kappa shape index (κ3) is 5.58. The highest BCUT2D eigenvalue weighted by atomic mass is 35.5. The first kappa shape index (κ1) is 25.4. The molecule has 5 nitrogen and oxygen atoms in total. The molecule has 0 unspecified atom stereocenters. The Bertz CT molecular complexity index is 1480. The molecule has 0 aliphatic rings. The molecule has 9 heteroatoms. The SMILES string of the molecule is CN(C)c1cccc(CON=C(c2ccc(=O)n(-c3c(Cl)cccc3Cl)c2)c2ccc(F)cc2F)c1. The number of halogens is 4. The second-order valence-corrected chi connectivity index (χ2v) is 8.91. The van der Waals surface area contributed by atoms with Gasteiger partial charge in [0.05, 0.1) is 15.7 Å². The molecule has 0 aliphatic carbocycles. The van der Waals surface area contributed by atoms with Crippen molar-refractivity contribution in [3.8, 4) is 5.69 Å². The normalized spacial score (nSPS) is 11.4. The zero-order chi connectivity index (χ0) is 25.8. The fourth-order valence-electron chi connectivity index (χ4n) is 3.56. The van der Waals surface area contributed by atoms with E-state index in [9.17, 15) is 13.6 Å². The number of hydrogen-bond acceptors (Lipinski definition) is 4. The summed E-state index contributed by atoms with van der Waals surface area (Å²) in [6.07, 6.45) is 1.44. The second kappa shape index (κ2) is 10.9. The van der Waals surface area contributed by atoms with E-state index in [1.165, 1.54) is 29.0 Å². The lowest BCUT2D eigenvalue weighted by molar-refractivity contribution is 0.131. The zero-order valence-electron chi connectivity index (χ0n) is 19.4. The van der Waals surface area contributed by atoms with Gasteiger partial charge in [-0.15, -0.1) is 0 Å². The van der Waals surface area contributed by atoms with Crippen molar-refractivity contribution < 1.29 is 13.6 Å². The molecule has 0 radical (unpaired) electrons. The molecule has 0 saturated heterocycles. The van der Waals surface area contributed by atoms with Crippen molar-refractivity contribution in [2.24, 2.45) is 5.16 Å². The Morgan fingerprint density at radius 1 is 0.972 bits per heavy atom. The molecule has 0 fully saturated rings. The van der Waals surface area contributed by atoms with Crippen LogP contribution >= 0.6 is 23.2 Å². The summed E-state index contributed by atoms with van der Waals surface area (Å²) in [7, 11) is 3.85. The van der Waals surface area contributed by atoms with Gasteiger partial charge in [0.2, 0.25) is 0 Å². The minimum absolute atomic E-state index is 0.00565. The highest BCUT2D eigenvalue weighted by Crippen LogP contribution is 2.28. The fourth-order valence-corrected chi connectivity index (χ4v) is 4.14. The van der Waals surface area contributed by atoms with Gasteiger partial charge in [0, 0.05) is 49.2 Å². The molecule has 0 bridgehead atoms. The Morgan fingerprint density at radius 3 is 2.39 bits per heavy atom. The maximum absolute atomic E-state index is 14.8. The third-order valence-electron chi connectivity index (χ3n) is 5.36. The van der Waals surface area contributed by atoms with Crippen LogP contribution in [-0.2, 0) is 11.4 Å². The largest absolute Gasteiger partial charge is 0.390 e. The summed E-state index contributed by atoms with van der Waals surface area (Å²) >= 11 is 12.6. The number of para-hydroxylation sites is 1. The Morgan fingerprint density at radius 2 is 1.69 bits per heavy atom. The molecule has 184 valence electrons. The highest BCUT2D eigenvalue weighted by molar-refractivity contribution is 6.37. The lowest BCUT2D eigenvalue weighted by atomic mass is 10.0. The van der Waals surface area contributed by atoms with Crippen LogP contribution in [0.15, 0.2) is 88.9 Å². The maximum Gasteiger partial charge on any atom is 0.255 e. The average Bonchev–Trinajstić information content (AvgIpc) is 2.84. The van der Waals surface area contributed by atoms with E-state index in [0.717, 1.165) is 23.4 Å². The highest BCUT2D eigenvalue weighted by Gasteiger charge is 2.17. The van der Waals surface area contributed by atoms with E-state index in [1.807, 2.05) is 43.3 Å². The van der Waals surface area contributed by atoms with Crippen molar-refractivity contribution >= 4 is 34.6 Å². The third-order valence-corrected chi connectivity index (χ3v) is 5.97. The molecule has 36 heavy (non-hydrogen) atoms. The standard InChI is InChI=1S/C27H21Cl2F2N3O2/c1-33(2)20-6-3-5-17(13-20)16-36-32-26(21-11-10-19(30)14-24(21)31)18-9-12-25(35)34(15-18)27-22(28)7-4-8-23(27)29/h3-15H,16H2,1-2H3. The van der Waals surface area contributed by atoms with E-state index in [0.29, 0.717) is 5.56 Å². The molecule has 0 atom stereocenters. The summed E-state index contributed by atoms with van der Waals surface area (Å²) in [5.74, 6) is -1.56. The molecular weight excluding hydrogens is 507 g/mol. The average molecular weight is 528 g/mol. The summed E-state index contributed by atoms with van der Waals surface area (Å²) in [4.78, 5) is 20.2. The second-order valence-electron chi connectivity index (χ2n) is 8.10. The maximum atomic E-state index is 14.8. The topological polar surface area (TPSA) is 46.8 Å². The van der Waals surface area contributed by atoms with Crippen LogP contribution < -0.4 is 10.5 Å². The smallest absolute Gasteiger partial charge is 0.255 e. The van der Waals surface area contributed by atoms with Crippen LogP contribution in [0, 0.1) is 11.6 Å². The lowest BCUT2D eigenvalue weighted by Gasteiger charge is -2.14. The van der Waals surface area contributed by atoms with Gasteiger partial charge >= 0.3 is 0 Å². The van der Waals surface area contributed by atoms with Gasteiger partial charge in [0.25, 0.3) is 5.56 Å². The van der Waals surface area contributed by atoms with Crippen LogP contribution in [-0.4, -0.2) is 24.4 Å². The van der Waals surface area contributed by atoms with Crippen molar-refractivity contribution in [2.45, 2.75) is 6.61 Å². The monoisotopic (exact) mass is 527 g/mol. The van der Waals surface area contributed by atoms with E-state index >= 15 is 0 Å². The predicted octanol–water partition coefficient (Wildman–Crippen LogP) is 6.46. The number of nitrogens with zero attached hydrogens (tertiary/aromatic N) is 3. The zero-order valence-corrected chi connectivity index (χ0v) is 20.9. The van der Waals surface area contributed by atoms with Crippen LogP contribution in [0.2, 0.25) is 10.0 Å². The summed E-state index contributed by atoms with van der Waals surface area (Å²) in [6, 6.07) is 18.4. The van der Waals surface area contributed by atoms with E-state index < -0.39 is 17.2 Å². The number of rotatable bonds is 7. The Hall–Kier alpha value is -3.68. The molecule has 0 saturated carbocycles. The summed E-state index contributed by atoms with van der Waals surface area (Å²) in [5, 5.41) is 4.70. The van der Waals surface area contributed by atoms with E-state index in [2.05, 4.69) is 5.16 Å². The Labute approximate surface area is 216 Å². The summed E-state index contributed by atoms with van der Waals surface area (Å²) in [6.45, 7) is 0.101. The van der Waals surface area contributed by atoms with E-state index in [4.69, 9.17) is 28.0 Å². The molecule has 1 heterocycles. The van der Waals surface area contributed by atoms with E-state index in [-0.39, 0.29) is 33.6 Å². The Balaban J connectivity index is 1.78. The lowest BCUT2D eigenvalue weighted by Crippen LogP contribution is -2.20. The van der Waals surface area contributed by atoms with Crippen molar-refractivity contribution in [1.29, 1.82) is 0 Å². The van der Waals surface area contributed by atoms with Gasteiger partial charge in [-0.1, -0.05) is 46.6 Å². The summed E-state index contributed by atoms with van der Waals surface area (Å²) < 4.78 is 29.7. The first-order valence-electron chi connectivity index (χ1n) is 10.8. The number of anilines is 1. The van der Waals surface area contributed by atoms with Crippen molar-refractivity contribution in [3.63, 3.8) is 0 Å². The quantitative estimate of drug-likeness (QED) is 0.204. The summed E-state index contributed by atoms with van der Waals surface area (Å²) in [5.41, 5.74) is 2.08. The molecule has 4 rings (SSSR count). The molecule has 0 N–H and O–H groups in total. The van der Waals surface area contributed by atoms with Crippen molar-refractivity contribution in [1.82, 2.24) is 4.57 Å². The van der Waals surface area contributed by atoms with Gasteiger partial charge in [-0.05, 0) is 48.0 Å². The van der Waals surface area contributed by atoms with Crippen molar-refractivity contribution in [3.05, 3.63) is 128 Å². The predicted molar refractivity (Wildman–Crippen MR) is 140 cm³/mol. The molecule has 0 aliphatic heterocycles. The van der Waals surface area contributed by atoms with Crippen LogP contribution in [0.4, 0.5) is 14.5 Å². The molecule has 3 aromatic carbocycles. The number of hydrogen-bond donors (Lipinski definition) is 0. The van der Waals surface area contributed by atoms with Crippen LogP contribution in [0.1, 0.15) is 16.7 Å². The number of aromatic nitrogens is 1. The van der Waals surface area contributed by atoms with Gasteiger partial charge in [-0.3, -0.25) is 9.36 Å².